The molecule has 1 heterocycles. The molecule has 1 aliphatic heterocycles. The van der Waals surface area contributed by atoms with Crippen LogP contribution in [0.3, 0.4) is 0 Å². The van der Waals surface area contributed by atoms with Gasteiger partial charge in [0.1, 0.15) is 5.75 Å². The van der Waals surface area contributed by atoms with E-state index in [0.717, 1.165) is 30.7 Å². The van der Waals surface area contributed by atoms with Crippen molar-refractivity contribution in [1.82, 2.24) is 5.32 Å². The Morgan fingerprint density at radius 2 is 2.28 bits per heavy atom. The molecular formula is C15H22BrNO. The summed E-state index contributed by atoms with van der Waals surface area (Å²) in [4.78, 5) is 0. The van der Waals surface area contributed by atoms with Gasteiger partial charge in [0.15, 0.2) is 0 Å². The number of rotatable bonds is 6. The minimum absolute atomic E-state index is 0.597. The molecule has 2 atom stereocenters. The molecule has 0 amide bonds. The monoisotopic (exact) mass is 311 g/mol. The first-order chi connectivity index (χ1) is 8.85. The second-order valence-electron chi connectivity index (χ2n) is 4.86. The SMILES string of the molecule is CCC(CCBr)NCC1CCOc2ccccc21. The molecule has 1 aromatic rings. The van der Waals surface area contributed by atoms with Gasteiger partial charge in [-0.3, -0.25) is 0 Å². The Morgan fingerprint density at radius 3 is 3.06 bits per heavy atom. The van der Waals surface area contributed by atoms with Crippen molar-refractivity contribution in [2.75, 3.05) is 18.5 Å². The maximum atomic E-state index is 5.70. The van der Waals surface area contributed by atoms with Crippen LogP contribution in [0.25, 0.3) is 0 Å². The summed E-state index contributed by atoms with van der Waals surface area (Å²) in [6, 6.07) is 9.06. The summed E-state index contributed by atoms with van der Waals surface area (Å²) in [6.45, 7) is 4.16. The third-order valence-electron chi connectivity index (χ3n) is 3.69. The number of hydrogen-bond donors (Lipinski definition) is 1. The molecule has 2 nitrogen and oxygen atoms in total. The fourth-order valence-corrected chi connectivity index (χ4v) is 3.07. The molecule has 0 radical (unpaired) electrons. The second-order valence-corrected chi connectivity index (χ2v) is 5.66. The molecule has 100 valence electrons. The van der Waals surface area contributed by atoms with Gasteiger partial charge in [-0.15, -0.1) is 0 Å². The Kier molecular flexibility index (Phi) is 5.51. The lowest BCUT2D eigenvalue weighted by Crippen LogP contribution is -2.34. The zero-order valence-electron chi connectivity index (χ0n) is 11.0. The van der Waals surface area contributed by atoms with E-state index >= 15 is 0 Å². The van der Waals surface area contributed by atoms with Crippen molar-refractivity contribution in [3.8, 4) is 5.75 Å². The van der Waals surface area contributed by atoms with Gasteiger partial charge in [-0.05, 0) is 30.9 Å². The summed E-state index contributed by atoms with van der Waals surface area (Å²) in [5.74, 6) is 1.67. The van der Waals surface area contributed by atoms with Gasteiger partial charge in [0.25, 0.3) is 0 Å². The molecule has 3 heteroatoms. The van der Waals surface area contributed by atoms with Crippen LogP contribution in [0.4, 0.5) is 0 Å². The van der Waals surface area contributed by atoms with Crippen molar-refractivity contribution in [2.24, 2.45) is 0 Å². The Bertz CT molecular complexity index is 369. The predicted octanol–water partition coefficient (Wildman–Crippen LogP) is 3.71. The third-order valence-corrected chi connectivity index (χ3v) is 4.14. The van der Waals surface area contributed by atoms with E-state index in [2.05, 4.69) is 46.4 Å². The number of nitrogens with one attached hydrogen (secondary N) is 1. The van der Waals surface area contributed by atoms with Gasteiger partial charge in [0.05, 0.1) is 6.61 Å². The van der Waals surface area contributed by atoms with Crippen LogP contribution in [0, 0.1) is 0 Å². The summed E-state index contributed by atoms with van der Waals surface area (Å²) in [5.41, 5.74) is 1.37. The van der Waals surface area contributed by atoms with Gasteiger partial charge in [-0.1, -0.05) is 41.1 Å². The van der Waals surface area contributed by atoms with Crippen molar-refractivity contribution in [3.05, 3.63) is 29.8 Å². The van der Waals surface area contributed by atoms with Gasteiger partial charge in [0.2, 0.25) is 0 Å². The summed E-state index contributed by atoms with van der Waals surface area (Å²) in [7, 11) is 0. The van der Waals surface area contributed by atoms with E-state index in [1.165, 1.54) is 18.4 Å². The average molecular weight is 312 g/mol. The lowest BCUT2D eigenvalue weighted by atomic mass is 9.92. The van der Waals surface area contributed by atoms with Crippen LogP contribution in [0.5, 0.6) is 5.75 Å². The van der Waals surface area contributed by atoms with Crippen molar-refractivity contribution < 1.29 is 4.74 Å². The molecule has 0 saturated heterocycles. The highest BCUT2D eigenvalue weighted by atomic mass is 79.9. The first-order valence-electron chi connectivity index (χ1n) is 6.86. The van der Waals surface area contributed by atoms with Crippen LogP contribution >= 0.6 is 15.9 Å². The van der Waals surface area contributed by atoms with Crippen LogP contribution in [0.15, 0.2) is 24.3 Å². The molecule has 0 fully saturated rings. The molecule has 18 heavy (non-hydrogen) atoms. The standard InChI is InChI=1S/C15H22BrNO/c1-2-13(7-9-16)17-11-12-8-10-18-15-6-4-3-5-14(12)15/h3-6,12-13,17H,2,7-11H2,1H3. The first kappa shape index (κ1) is 13.9. The van der Waals surface area contributed by atoms with Crippen LogP contribution in [-0.4, -0.2) is 24.5 Å². The fourth-order valence-electron chi connectivity index (χ4n) is 2.52. The maximum Gasteiger partial charge on any atom is 0.122 e. The van der Waals surface area contributed by atoms with Crippen molar-refractivity contribution in [1.29, 1.82) is 0 Å². The number of alkyl halides is 1. The zero-order valence-corrected chi connectivity index (χ0v) is 12.6. The van der Waals surface area contributed by atoms with Gasteiger partial charge < -0.3 is 10.1 Å². The van der Waals surface area contributed by atoms with Gasteiger partial charge in [0, 0.05) is 23.8 Å². The lowest BCUT2D eigenvalue weighted by molar-refractivity contribution is 0.261. The number of fused-ring (bicyclic) bond motifs is 1. The third kappa shape index (κ3) is 3.48. The Balaban J connectivity index is 1.94. The van der Waals surface area contributed by atoms with Gasteiger partial charge in [-0.2, -0.15) is 0 Å². The summed E-state index contributed by atoms with van der Waals surface area (Å²) >= 11 is 3.52. The quantitative estimate of drug-likeness (QED) is 0.809. The van der Waals surface area contributed by atoms with E-state index in [-0.39, 0.29) is 0 Å². The van der Waals surface area contributed by atoms with Crippen LogP contribution < -0.4 is 10.1 Å². The number of ether oxygens (including phenoxy) is 1. The molecule has 0 saturated carbocycles. The van der Waals surface area contributed by atoms with E-state index < -0.39 is 0 Å². The highest BCUT2D eigenvalue weighted by molar-refractivity contribution is 9.09. The number of para-hydroxylation sites is 1. The second kappa shape index (κ2) is 7.15. The number of hydrogen-bond acceptors (Lipinski definition) is 2. The molecule has 1 aromatic carbocycles. The molecule has 2 rings (SSSR count). The van der Waals surface area contributed by atoms with Crippen LogP contribution in [0.2, 0.25) is 0 Å². The molecule has 0 bridgehead atoms. The molecule has 0 aromatic heterocycles. The van der Waals surface area contributed by atoms with E-state index in [1.807, 2.05) is 6.07 Å². The molecule has 0 spiro atoms. The van der Waals surface area contributed by atoms with Crippen molar-refractivity contribution >= 4 is 15.9 Å². The Hall–Kier alpha value is -0.540. The van der Waals surface area contributed by atoms with Gasteiger partial charge >= 0.3 is 0 Å². The molecule has 2 unspecified atom stereocenters. The van der Waals surface area contributed by atoms with Gasteiger partial charge in [-0.25, -0.2) is 0 Å². The van der Waals surface area contributed by atoms with E-state index in [0.29, 0.717) is 12.0 Å². The Labute approximate surface area is 118 Å². The minimum Gasteiger partial charge on any atom is -0.493 e. The predicted molar refractivity (Wildman–Crippen MR) is 79.8 cm³/mol. The lowest BCUT2D eigenvalue weighted by Gasteiger charge is -2.27. The summed E-state index contributed by atoms with van der Waals surface area (Å²) < 4.78 is 5.70. The summed E-state index contributed by atoms with van der Waals surface area (Å²) in [5, 5.41) is 4.77. The van der Waals surface area contributed by atoms with Crippen LogP contribution in [0.1, 0.15) is 37.7 Å². The van der Waals surface area contributed by atoms with E-state index in [1.54, 1.807) is 0 Å². The highest BCUT2D eigenvalue weighted by Crippen LogP contribution is 2.32. The molecule has 1 aliphatic rings. The Morgan fingerprint density at radius 1 is 1.44 bits per heavy atom. The zero-order chi connectivity index (χ0) is 12.8. The van der Waals surface area contributed by atoms with Crippen molar-refractivity contribution in [3.63, 3.8) is 0 Å². The fraction of sp³-hybridized carbons (Fsp3) is 0.600. The molecule has 1 N–H and O–H groups in total. The summed E-state index contributed by atoms with van der Waals surface area (Å²) in [6.07, 6.45) is 3.51. The van der Waals surface area contributed by atoms with E-state index in [9.17, 15) is 0 Å². The average Bonchev–Trinajstić information content (AvgIpc) is 2.43. The van der Waals surface area contributed by atoms with Crippen LogP contribution in [-0.2, 0) is 0 Å². The molecular weight excluding hydrogens is 290 g/mol. The normalized spacial score (nSPS) is 20.0. The van der Waals surface area contributed by atoms with E-state index in [4.69, 9.17) is 4.74 Å². The topological polar surface area (TPSA) is 21.3 Å². The molecule has 0 aliphatic carbocycles. The smallest absolute Gasteiger partial charge is 0.122 e. The first-order valence-corrected chi connectivity index (χ1v) is 7.98. The number of benzene rings is 1. The minimum atomic E-state index is 0.597. The van der Waals surface area contributed by atoms with Crippen molar-refractivity contribution in [2.45, 2.75) is 38.1 Å². The largest absolute Gasteiger partial charge is 0.493 e. The number of halogens is 1. The highest BCUT2D eigenvalue weighted by Gasteiger charge is 2.21. The maximum absolute atomic E-state index is 5.70.